The third kappa shape index (κ3) is 4.67. The van der Waals surface area contributed by atoms with Gasteiger partial charge in [0.1, 0.15) is 5.82 Å². The summed E-state index contributed by atoms with van der Waals surface area (Å²) < 4.78 is 14.0. The number of pyridine rings is 1. The Labute approximate surface area is 208 Å². The van der Waals surface area contributed by atoms with Crippen molar-refractivity contribution in [1.29, 1.82) is 0 Å². The summed E-state index contributed by atoms with van der Waals surface area (Å²) in [6.45, 7) is 15.1. The number of halogens is 1. The Morgan fingerprint density at radius 2 is 1.71 bits per heavy atom. The molecule has 182 valence electrons. The van der Waals surface area contributed by atoms with Crippen LogP contribution < -0.4 is 4.90 Å². The summed E-state index contributed by atoms with van der Waals surface area (Å²) in [4.78, 5) is 20.0. The second kappa shape index (κ2) is 9.41. The van der Waals surface area contributed by atoms with Crippen LogP contribution in [0.25, 0.3) is 28.5 Å². The molecule has 1 aliphatic rings. The number of benzene rings is 2. The Kier molecular flexibility index (Phi) is 6.68. The van der Waals surface area contributed by atoms with Crippen molar-refractivity contribution in [3.8, 4) is 22.4 Å². The third-order valence-electron chi connectivity index (χ3n) is 6.65. The van der Waals surface area contributed by atoms with Crippen molar-refractivity contribution in [2.45, 2.75) is 59.8 Å². The third-order valence-corrected chi connectivity index (χ3v) is 6.65. The number of anilines is 1. The molecule has 3 nitrogen and oxygen atoms in total. The Hall–Kier alpha value is -3.27. The number of allylic oxidation sites excluding steroid dienone is 1. The van der Waals surface area contributed by atoms with Crippen LogP contribution in [0.1, 0.15) is 71.2 Å². The maximum Gasteiger partial charge on any atom is 0.223 e. The number of carbonyl (C=O) groups excluding carboxylic acids is 1. The molecule has 4 heteroatoms. The molecule has 4 rings (SSSR count). The summed E-state index contributed by atoms with van der Waals surface area (Å²) >= 11 is 0. The van der Waals surface area contributed by atoms with Crippen molar-refractivity contribution < 1.29 is 9.18 Å². The van der Waals surface area contributed by atoms with E-state index in [2.05, 4.69) is 59.8 Å². The predicted molar refractivity (Wildman–Crippen MR) is 144 cm³/mol. The van der Waals surface area contributed by atoms with Crippen LogP contribution in [0.4, 0.5) is 10.1 Å². The maximum absolute atomic E-state index is 14.0. The summed E-state index contributed by atoms with van der Waals surface area (Å²) in [6, 6.07) is 14.8. The Morgan fingerprint density at radius 3 is 2.31 bits per heavy atom. The quantitative estimate of drug-likeness (QED) is 0.387. The van der Waals surface area contributed by atoms with Gasteiger partial charge in [0.15, 0.2) is 0 Å². The number of para-hydroxylation sites is 1. The summed E-state index contributed by atoms with van der Waals surface area (Å²) in [5.41, 5.74) is 7.51. The Bertz CT molecular complexity index is 1290. The second-order valence-electron chi connectivity index (χ2n) is 10.8. The van der Waals surface area contributed by atoms with Crippen molar-refractivity contribution in [1.82, 2.24) is 4.98 Å². The van der Waals surface area contributed by atoms with E-state index in [0.29, 0.717) is 12.5 Å². The van der Waals surface area contributed by atoms with Crippen molar-refractivity contribution in [3.63, 3.8) is 0 Å². The van der Waals surface area contributed by atoms with Crippen molar-refractivity contribution in [2.75, 3.05) is 11.4 Å². The minimum absolute atomic E-state index is 0.00525. The fraction of sp³-hybridized carbons (Fsp3) is 0.355. The first-order valence-corrected chi connectivity index (χ1v) is 12.4. The van der Waals surface area contributed by atoms with Crippen LogP contribution in [0.3, 0.4) is 0 Å². The lowest BCUT2D eigenvalue weighted by atomic mass is 9.75. The van der Waals surface area contributed by atoms with Gasteiger partial charge in [-0.1, -0.05) is 84.0 Å². The van der Waals surface area contributed by atoms with Crippen LogP contribution in [0.15, 0.2) is 54.6 Å². The van der Waals surface area contributed by atoms with Gasteiger partial charge in [-0.3, -0.25) is 9.78 Å². The molecule has 1 aliphatic heterocycles. The molecule has 0 fully saturated rings. The Morgan fingerprint density at radius 1 is 1.06 bits per heavy atom. The predicted octanol–water partition coefficient (Wildman–Crippen LogP) is 7.99. The Balaban J connectivity index is 2.21. The zero-order chi connectivity index (χ0) is 25.5. The van der Waals surface area contributed by atoms with Gasteiger partial charge in [0.05, 0.1) is 17.1 Å². The smallest absolute Gasteiger partial charge is 0.223 e. The van der Waals surface area contributed by atoms with Gasteiger partial charge >= 0.3 is 0 Å². The molecule has 2 aromatic carbocycles. The van der Waals surface area contributed by atoms with E-state index in [-0.39, 0.29) is 17.6 Å². The fourth-order valence-electron chi connectivity index (χ4n) is 5.04. The topological polar surface area (TPSA) is 33.2 Å². The minimum atomic E-state index is -0.410. The summed E-state index contributed by atoms with van der Waals surface area (Å²) in [5, 5.41) is 0. The molecule has 0 unspecified atom stereocenters. The van der Waals surface area contributed by atoms with E-state index in [1.165, 1.54) is 12.1 Å². The number of carbonyl (C=O) groups is 1. The summed E-state index contributed by atoms with van der Waals surface area (Å²) in [7, 11) is 0. The minimum Gasteiger partial charge on any atom is -0.311 e. The molecule has 0 spiro atoms. The van der Waals surface area contributed by atoms with Gasteiger partial charge in [-0.25, -0.2) is 4.39 Å². The molecule has 1 amide bonds. The molecule has 35 heavy (non-hydrogen) atoms. The van der Waals surface area contributed by atoms with Crippen LogP contribution in [-0.4, -0.2) is 17.4 Å². The SMILES string of the molecule is CC(=O)N1CC(C)(C)c2c(nc(C(C)C)c(/C=C/C(C)C)c2-c2ccc(F)cc2)-c2ccccc21. The molecule has 0 radical (unpaired) electrons. The molecule has 0 saturated heterocycles. The first kappa shape index (κ1) is 24.8. The number of hydrogen-bond acceptors (Lipinski definition) is 2. The maximum atomic E-state index is 14.0. The van der Waals surface area contributed by atoms with E-state index in [9.17, 15) is 9.18 Å². The lowest BCUT2D eigenvalue weighted by Crippen LogP contribution is -2.39. The van der Waals surface area contributed by atoms with Crippen LogP contribution in [-0.2, 0) is 10.2 Å². The molecule has 3 aromatic rings. The zero-order valence-corrected chi connectivity index (χ0v) is 21.8. The highest BCUT2D eigenvalue weighted by Crippen LogP contribution is 2.48. The number of hydrogen-bond donors (Lipinski definition) is 0. The van der Waals surface area contributed by atoms with Gasteiger partial charge in [0, 0.05) is 30.0 Å². The van der Waals surface area contributed by atoms with Gasteiger partial charge in [0.25, 0.3) is 0 Å². The second-order valence-corrected chi connectivity index (χ2v) is 10.8. The highest BCUT2D eigenvalue weighted by Gasteiger charge is 2.38. The fourth-order valence-corrected chi connectivity index (χ4v) is 5.04. The number of fused-ring (bicyclic) bond motifs is 3. The number of nitrogens with zero attached hydrogens (tertiary/aromatic N) is 2. The average Bonchev–Trinajstić information content (AvgIpc) is 2.90. The first-order chi connectivity index (χ1) is 16.5. The normalized spacial score (nSPS) is 14.9. The molecule has 0 saturated carbocycles. The number of aromatic nitrogens is 1. The van der Waals surface area contributed by atoms with E-state index in [0.717, 1.165) is 44.9 Å². The van der Waals surface area contributed by atoms with Gasteiger partial charge in [0.2, 0.25) is 5.91 Å². The monoisotopic (exact) mass is 470 g/mol. The molecule has 2 heterocycles. The standard InChI is InChI=1S/C31H35FN2O/c1-19(2)12-17-25-27(22-13-15-23(32)16-14-22)28-30(33-29(25)20(3)4)24-10-8-9-11-26(24)34(21(5)35)18-31(28,6)7/h8-17,19-20H,18H2,1-7H3/b17-12+. The molecule has 0 N–H and O–H groups in total. The van der Waals surface area contributed by atoms with Gasteiger partial charge in [-0.15, -0.1) is 0 Å². The summed E-state index contributed by atoms with van der Waals surface area (Å²) in [6.07, 6.45) is 4.38. The highest BCUT2D eigenvalue weighted by molar-refractivity contribution is 5.99. The highest BCUT2D eigenvalue weighted by atomic mass is 19.1. The van der Waals surface area contributed by atoms with Crippen molar-refractivity contribution in [2.24, 2.45) is 5.92 Å². The summed E-state index contributed by atoms with van der Waals surface area (Å²) in [5.74, 6) is 0.292. The molecular weight excluding hydrogens is 435 g/mol. The van der Waals surface area contributed by atoms with Crippen LogP contribution in [0.5, 0.6) is 0 Å². The van der Waals surface area contributed by atoms with Crippen molar-refractivity contribution >= 4 is 17.7 Å². The molecule has 1 aromatic heterocycles. The largest absolute Gasteiger partial charge is 0.311 e. The lowest BCUT2D eigenvalue weighted by molar-refractivity contribution is -0.116. The zero-order valence-electron chi connectivity index (χ0n) is 21.8. The van der Waals surface area contributed by atoms with Crippen molar-refractivity contribution in [3.05, 3.63) is 77.2 Å². The molecule has 0 aliphatic carbocycles. The molecular formula is C31H35FN2O. The van der Waals surface area contributed by atoms with Crippen LogP contribution in [0.2, 0.25) is 0 Å². The van der Waals surface area contributed by atoms with E-state index in [4.69, 9.17) is 4.98 Å². The van der Waals surface area contributed by atoms with E-state index < -0.39 is 5.41 Å². The number of amides is 1. The number of rotatable bonds is 4. The van der Waals surface area contributed by atoms with Crippen LogP contribution in [0, 0.1) is 11.7 Å². The lowest BCUT2D eigenvalue weighted by Gasteiger charge is -2.33. The molecule has 0 bridgehead atoms. The first-order valence-electron chi connectivity index (χ1n) is 12.4. The van der Waals surface area contributed by atoms with Gasteiger partial charge in [-0.2, -0.15) is 0 Å². The average molecular weight is 471 g/mol. The van der Waals surface area contributed by atoms with E-state index in [1.807, 2.05) is 35.2 Å². The van der Waals surface area contributed by atoms with E-state index in [1.54, 1.807) is 6.92 Å². The van der Waals surface area contributed by atoms with Crippen LogP contribution >= 0.6 is 0 Å². The van der Waals surface area contributed by atoms with Gasteiger partial charge in [-0.05, 0) is 46.7 Å². The molecule has 0 atom stereocenters. The van der Waals surface area contributed by atoms with Gasteiger partial charge < -0.3 is 4.90 Å². The van der Waals surface area contributed by atoms with E-state index >= 15 is 0 Å².